The highest BCUT2D eigenvalue weighted by molar-refractivity contribution is 7.89. The molecule has 116 valence electrons. The molecule has 1 saturated heterocycles. The molecule has 1 aromatic rings. The third kappa shape index (κ3) is 3.36. The highest BCUT2D eigenvalue weighted by Crippen LogP contribution is 2.30. The van der Waals surface area contributed by atoms with Gasteiger partial charge in [0, 0.05) is 20.0 Å². The molecular weight excluding hydrogens is 292 g/mol. The number of primary sulfonamides is 1. The van der Waals surface area contributed by atoms with Crippen molar-refractivity contribution in [2.24, 2.45) is 5.14 Å². The van der Waals surface area contributed by atoms with E-state index < -0.39 is 16.1 Å². The number of amides is 1. The molecule has 21 heavy (non-hydrogen) atoms. The lowest BCUT2D eigenvalue weighted by Crippen LogP contribution is -2.29. The summed E-state index contributed by atoms with van der Waals surface area (Å²) in [6.45, 7) is 4.52. The van der Waals surface area contributed by atoms with Crippen molar-refractivity contribution in [3.8, 4) is 5.75 Å². The Morgan fingerprint density at radius 1 is 1.38 bits per heavy atom. The third-order valence-electron chi connectivity index (χ3n) is 3.58. The maximum Gasteiger partial charge on any atom is 0.263 e. The second-order valence-corrected chi connectivity index (χ2v) is 7.12. The smallest absolute Gasteiger partial charge is 0.263 e. The molecule has 1 amide bonds. The van der Waals surface area contributed by atoms with Crippen LogP contribution in [0.3, 0.4) is 0 Å². The second-order valence-electron chi connectivity index (χ2n) is 5.55. The largest absolute Gasteiger partial charge is 0.480 e. The van der Waals surface area contributed by atoms with Crippen molar-refractivity contribution in [2.75, 3.05) is 13.6 Å². The van der Waals surface area contributed by atoms with E-state index in [0.717, 1.165) is 5.56 Å². The number of likely N-dealkylation sites (tertiary alicyclic amines) is 1. The molecule has 2 rings (SSSR count). The molecule has 0 bridgehead atoms. The van der Waals surface area contributed by atoms with E-state index in [0.29, 0.717) is 18.7 Å². The molecule has 1 fully saturated rings. The molecule has 0 aromatic heterocycles. The summed E-state index contributed by atoms with van der Waals surface area (Å²) < 4.78 is 28.7. The number of carbonyl (C=O) groups is 1. The summed E-state index contributed by atoms with van der Waals surface area (Å²) in [6.07, 6.45) is 0.122. The number of rotatable bonds is 4. The Balaban J connectivity index is 2.34. The number of likely N-dealkylation sites (N-methyl/N-ethyl adjacent to an activating group) is 1. The highest BCUT2D eigenvalue weighted by Gasteiger charge is 2.31. The molecule has 2 N–H and O–H groups in total. The fourth-order valence-corrected chi connectivity index (χ4v) is 2.86. The Bertz CT molecular complexity index is 655. The summed E-state index contributed by atoms with van der Waals surface area (Å²) >= 11 is 0. The van der Waals surface area contributed by atoms with Crippen LogP contribution >= 0.6 is 0 Å². The highest BCUT2D eigenvalue weighted by atomic mass is 32.2. The van der Waals surface area contributed by atoms with Gasteiger partial charge < -0.3 is 9.64 Å². The number of nitrogens with two attached hydrogens (primary N) is 1. The van der Waals surface area contributed by atoms with Crippen LogP contribution in [0.2, 0.25) is 0 Å². The lowest BCUT2D eigenvalue weighted by Gasteiger charge is -2.18. The molecule has 7 heteroatoms. The molecule has 1 aromatic carbocycles. The van der Waals surface area contributed by atoms with Crippen LogP contribution in [0, 0.1) is 0 Å². The van der Waals surface area contributed by atoms with E-state index in [2.05, 4.69) is 0 Å². The van der Waals surface area contributed by atoms with Crippen LogP contribution in [0.1, 0.15) is 31.7 Å². The van der Waals surface area contributed by atoms with Crippen molar-refractivity contribution in [2.45, 2.75) is 37.2 Å². The molecule has 0 radical (unpaired) electrons. The Morgan fingerprint density at radius 3 is 2.52 bits per heavy atom. The van der Waals surface area contributed by atoms with Gasteiger partial charge in [-0.2, -0.15) is 0 Å². The van der Waals surface area contributed by atoms with Gasteiger partial charge in [0.05, 0.1) is 4.90 Å². The number of sulfonamides is 1. The van der Waals surface area contributed by atoms with Gasteiger partial charge in [0.2, 0.25) is 10.0 Å². The molecule has 1 unspecified atom stereocenters. The van der Waals surface area contributed by atoms with Crippen LogP contribution in [0.15, 0.2) is 23.1 Å². The first kappa shape index (κ1) is 15.8. The molecule has 0 spiro atoms. The van der Waals surface area contributed by atoms with Gasteiger partial charge in [-0.25, -0.2) is 13.6 Å². The van der Waals surface area contributed by atoms with Crippen molar-refractivity contribution >= 4 is 15.9 Å². The van der Waals surface area contributed by atoms with Gasteiger partial charge in [-0.1, -0.05) is 13.8 Å². The first-order chi connectivity index (χ1) is 9.70. The topological polar surface area (TPSA) is 89.7 Å². The first-order valence-electron chi connectivity index (χ1n) is 6.78. The number of benzene rings is 1. The summed E-state index contributed by atoms with van der Waals surface area (Å²) in [7, 11) is -2.02. The lowest BCUT2D eigenvalue weighted by atomic mass is 10.0. The number of ether oxygens (including phenoxy) is 1. The van der Waals surface area contributed by atoms with Crippen molar-refractivity contribution in [1.82, 2.24) is 4.90 Å². The van der Waals surface area contributed by atoms with Gasteiger partial charge in [0.25, 0.3) is 5.91 Å². The number of nitrogens with zero attached hydrogens (tertiary/aromatic N) is 1. The average Bonchev–Trinajstić information content (AvgIpc) is 2.69. The van der Waals surface area contributed by atoms with Gasteiger partial charge in [-0.3, -0.25) is 4.79 Å². The molecule has 1 atom stereocenters. The van der Waals surface area contributed by atoms with Crippen molar-refractivity contribution in [1.29, 1.82) is 0 Å². The number of hydrogen-bond acceptors (Lipinski definition) is 4. The van der Waals surface area contributed by atoms with Gasteiger partial charge in [0.15, 0.2) is 6.10 Å². The maximum absolute atomic E-state index is 11.9. The van der Waals surface area contributed by atoms with Crippen LogP contribution in [0.4, 0.5) is 0 Å². The van der Waals surface area contributed by atoms with E-state index >= 15 is 0 Å². The van der Waals surface area contributed by atoms with E-state index in [4.69, 9.17) is 9.88 Å². The Labute approximate surface area is 124 Å². The van der Waals surface area contributed by atoms with Crippen LogP contribution in [0.25, 0.3) is 0 Å². The summed E-state index contributed by atoms with van der Waals surface area (Å²) in [5.74, 6) is 0.530. The number of hydrogen-bond donors (Lipinski definition) is 1. The molecule has 1 aliphatic rings. The maximum atomic E-state index is 11.9. The SMILES string of the molecule is CC(C)c1cc(S(N)(=O)=O)ccc1OC1CCN(C)C1=O. The van der Waals surface area contributed by atoms with E-state index in [1.165, 1.54) is 12.1 Å². The molecule has 0 saturated carbocycles. The van der Waals surface area contributed by atoms with E-state index in [-0.39, 0.29) is 16.7 Å². The fraction of sp³-hybridized carbons (Fsp3) is 0.500. The second kappa shape index (κ2) is 5.65. The summed E-state index contributed by atoms with van der Waals surface area (Å²) in [4.78, 5) is 13.6. The molecule has 1 heterocycles. The molecular formula is C14H20N2O4S. The summed E-state index contributed by atoms with van der Waals surface area (Å²) in [5, 5.41) is 5.15. The van der Waals surface area contributed by atoms with Gasteiger partial charge in [-0.15, -0.1) is 0 Å². The first-order valence-corrected chi connectivity index (χ1v) is 8.33. The minimum atomic E-state index is -3.75. The van der Waals surface area contributed by atoms with Crippen LogP contribution in [-0.2, 0) is 14.8 Å². The van der Waals surface area contributed by atoms with Crippen LogP contribution < -0.4 is 9.88 Å². The quantitative estimate of drug-likeness (QED) is 0.900. The predicted octanol–water partition coefficient (Wildman–Crippen LogP) is 1.07. The van der Waals surface area contributed by atoms with E-state index in [9.17, 15) is 13.2 Å². The van der Waals surface area contributed by atoms with E-state index in [1.54, 1.807) is 18.0 Å². The monoisotopic (exact) mass is 312 g/mol. The van der Waals surface area contributed by atoms with Gasteiger partial charge in [-0.05, 0) is 29.7 Å². The van der Waals surface area contributed by atoms with Gasteiger partial charge >= 0.3 is 0 Å². The van der Waals surface area contributed by atoms with Crippen molar-refractivity contribution < 1.29 is 17.9 Å². The molecule has 1 aliphatic heterocycles. The predicted molar refractivity (Wildman–Crippen MR) is 78.6 cm³/mol. The minimum Gasteiger partial charge on any atom is -0.480 e. The minimum absolute atomic E-state index is 0.0495. The lowest BCUT2D eigenvalue weighted by molar-refractivity contribution is -0.132. The van der Waals surface area contributed by atoms with Crippen LogP contribution in [-0.4, -0.2) is 38.9 Å². The van der Waals surface area contributed by atoms with Crippen molar-refractivity contribution in [3.63, 3.8) is 0 Å². The Morgan fingerprint density at radius 2 is 2.05 bits per heavy atom. The normalized spacial score (nSPS) is 19.4. The Kier molecular flexibility index (Phi) is 4.25. The standard InChI is InChI=1S/C14H20N2O4S/c1-9(2)11-8-10(21(15,18)19)4-5-12(11)20-13-6-7-16(3)14(13)17/h4-5,8-9,13H,6-7H2,1-3H3,(H2,15,18,19). The molecule has 6 nitrogen and oxygen atoms in total. The summed E-state index contributed by atoms with van der Waals surface area (Å²) in [5.41, 5.74) is 0.726. The average molecular weight is 312 g/mol. The fourth-order valence-electron chi connectivity index (χ4n) is 2.32. The number of carbonyl (C=O) groups excluding carboxylic acids is 1. The third-order valence-corrected chi connectivity index (χ3v) is 4.49. The van der Waals surface area contributed by atoms with Crippen LogP contribution in [0.5, 0.6) is 5.75 Å². The van der Waals surface area contributed by atoms with Gasteiger partial charge in [0.1, 0.15) is 5.75 Å². The summed E-state index contributed by atoms with van der Waals surface area (Å²) in [6, 6.07) is 4.48. The molecule has 0 aliphatic carbocycles. The zero-order valence-corrected chi connectivity index (χ0v) is 13.2. The zero-order valence-electron chi connectivity index (χ0n) is 12.4. The zero-order chi connectivity index (χ0) is 15.8. The van der Waals surface area contributed by atoms with Crippen molar-refractivity contribution in [3.05, 3.63) is 23.8 Å². The van der Waals surface area contributed by atoms with E-state index in [1.807, 2.05) is 13.8 Å². The Hall–Kier alpha value is -1.60.